The van der Waals surface area contributed by atoms with Crippen molar-refractivity contribution in [3.8, 4) is 5.75 Å². The van der Waals surface area contributed by atoms with Gasteiger partial charge in [0.25, 0.3) is 10.0 Å². The van der Waals surface area contributed by atoms with Crippen LogP contribution in [0.1, 0.15) is 18.4 Å². The number of anilines is 3. The zero-order valence-corrected chi connectivity index (χ0v) is 24.8. The molecule has 37 heavy (non-hydrogen) atoms. The zero-order chi connectivity index (χ0) is 25.0. The molecular weight excluding hydrogens is 517 g/mol. The maximum atomic E-state index is 13.1. The van der Waals surface area contributed by atoms with E-state index in [0.717, 1.165) is 43.7 Å². The molecule has 3 heterocycles. The minimum absolute atomic E-state index is 0. The molecule has 187 valence electrons. The Morgan fingerprint density at radius 1 is 1.00 bits per heavy atom. The molecule has 5 rings (SSSR count). The molecule has 0 bridgehead atoms. The van der Waals surface area contributed by atoms with Crippen LogP contribution in [0.4, 0.5) is 17.3 Å². The maximum Gasteiger partial charge on any atom is 0.264 e. The molecule has 0 aliphatic carbocycles. The standard InChI is InChI=1S/C26H27N5O4S.K/c1-34-20-9-8-19(15-18-10-13-35-14-11-18)24(16-20)30-25-26(29-23-7-3-2-6-22(23)28-25)31-36(32,33)21-5-4-12-27-17-21;/h2-9,12,16-18H,10-11,13-15H2,1H3,(H,28,30)(H,29,31);. The number of hydrogen-bond acceptors (Lipinski definition) is 8. The molecule has 1 fully saturated rings. The first kappa shape index (κ1) is 27.9. The number of sulfonamides is 1. The van der Waals surface area contributed by atoms with Crippen molar-refractivity contribution in [1.82, 2.24) is 15.0 Å². The van der Waals surface area contributed by atoms with E-state index in [9.17, 15) is 8.42 Å². The molecule has 2 aromatic heterocycles. The predicted molar refractivity (Wildman–Crippen MR) is 144 cm³/mol. The van der Waals surface area contributed by atoms with Gasteiger partial charge in [0.05, 0.1) is 18.1 Å². The van der Waals surface area contributed by atoms with Gasteiger partial charge in [0.15, 0.2) is 11.6 Å². The Kier molecular flexibility index (Phi) is 9.51. The molecule has 4 aromatic rings. The summed E-state index contributed by atoms with van der Waals surface area (Å²) in [7, 11) is -2.32. The Hall–Kier alpha value is -2.12. The number of pyridine rings is 1. The van der Waals surface area contributed by atoms with Crippen LogP contribution >= 0.6 is 0 Å². The van der Waals surface area contributed by atoms with Gasteiger partial charge in [0.2, 0.25) is 0 Å². The molecule has 2 N–H and O–H groups in total. The molecule has 0 amide bonds. The molecular formula is C26H27KN5O4S. The fourth-order valence-electron chi connectivity index (χ4n) is 4.22. The summed E-state index contributed by atoms with van der Waals surface area (Å²) in [4.78, 5) is 13.3. The molecule has 1 aliphatic heterocycles. The Balaban J connectivity index is 0.00000320. The van der Waals surface area contributed by atoms with Gasteiger partial charge >= 0.3 is 0 Å². The third-order valence-corrected chi connectivity index (χ3v) is 7.49. The SMILES string of the molecule is COc1ccc(CC2CCOCC2)c(Nc2nc3ccccc3nc2NS(=O)(=O)c2cccnc2)c1.[K]. The van der Waals surface area contributed by atoms with Crippen molar-refractivity contribution in [3.05, 3.63) is 72.6 Å². The van der Waals surface area contributed by atoms with Crippen molar-refractivity contribution < 1.29 is 17.9 Å². The Morgan fingerprint density at radius 2 is 1.73 bits per heavy atom. The third kappa shape index (κ3) is 6.85. The van der Waals surface area contributed by atoms with E-state index in [1.54, 1.807) is 19.2 Å². The van der Waals surface area contributed by atoms with Gasteiger partial charge in [-0.2, -0.15) is 0 Å². The second-order valence-corrected chi connectivity index (χ2v) is 10.3. The number of fused-ring (bicyclic) bond motifs is 1. The molecule has 0 saturated carbocycles. The van der Waals surface area contributed by atoms with Crippen molar-refractivity contribution in [1.29, 1.82) is 0 Å². The normalized spacial score (nSPS) is 14.1. The summed E-state index contributed by atoms with van der Waals surface area (Å²) in [5.74, 6) is 1.57. The fraction of sp³-hybridized carbons (Fsp3) is 0.269. The number of methoxy groups -OCH3 is 1. The number of nitrogens with zero attached hydrogens (tertiary/aromatic N) is 3. The van der Waals surface area contributed by atoms with E-state index < -0.39 is 10.0 Å². The van der Waals surface area contributed by atoms with Crippen molar-refractivity contribution in [2.45, 2.75) is 24.2 Å². The average Bonchev–Trinajstić information content (AvgIpc) is 2.91. The number of para-hydroxylation sites is 2. The van der Waals surface area contributed by atoms with Crippen LogP contribution in [0.3, 0.4) is 0 Å². The van der Waals surface area contributed by atoms with Gasteiger partial charge in [-0.3, -0.25) is 9.71 Å². The van der Waals surface area contributed by atoms with E-state index in [4.69, 9.17) is 14.5 Å². The first-order chi connectivity index (χ1) is 17.5. The van der Waals surface area contributed by atoms with E-state index in [1.807, 2.05) is 36.4 Å². The second kappa shape index (κ2) is 12.6. The maximum absolute atomic E-state index is 13.1. The first-order valence-corrected chi connectivity index (χ1v) is 13.2. The van der Waals surface area contributed by atoms with Gasteiger partial charge in [-0.15, -0.1) is 0 Å². The summed E-state index contributed by atoms with van der Waals surface area (Å²) in [5.41, 5.74) is 3.07. The van der Waals surface area contributed by atoms with Gasteiger partial charge in [-0.1, -0.05) is 18.2 Å². The van der Waals surface area contributed by atoms with E-state index in [1.165, 1.54) is 18.5 Å². The van der Waals surface area contributed by atoms with Crippen LogP contribution in [0.5, 0.6) is 5.75 Å². The van der Waals surface area contributed by atoms with Gasteiger partial charge in [0, 0.05) is 88.7 Å². The molecule has 1 saturated heterocycles. The number of hydrogen-bond donors (Lipinski definition) is 2. The van der Waals surface area contributed by atoms with E-state index in [2.05, 4.69) is 20.0 Å². The molecule has 0 unspecified atom stereocenters. The number of nitrogens with one attached hydrogen (secondary N) is 2. The Morgan fingerprint density at radius 3 is 2.41 bits per heavy atom. The molecule has 11 heteroatoms. The molecule has 9 nitrogen and oxygen atoms in total. The predicted octanol–water partition coefficient (Wildman–Crippen LogP) is 4.17. The summed E-state index contributed by atoms with van der Waals surface area (Å²) in [5, 5.41) is 3.34. The number of ether oxygens (including phenoxy) is 2. The third-order valence-electron chi connectivity index (χ3n) is 6.17. The topological polar surface area (TPSA) is 115 Å². The first-order valence-electron chi connectivity index (χ1n) is 11.7. The average molecular weight is 545 g/mol. The summed E-state index contributed by atoms with van der Waals surface area (Å²) in [6, 6.07) is 16.2. The van der Waals surface area contributed by atoms with Gasteiger partial charge in [-0.25, -0.2) is 18.4 Å². The summed E-state index contributed by atoms with van der Waals surface area (Å²) in [6.07, 6.45) is 5.66. The second-order valence-electron chi connectivity index (χ2n) is 8.61. The Bertz CT molecular complexity index is 1460. The minimum Gasteiger partial charge on any atom is -0.497 e. The number of rotatable bonds is 8. The van der Waals surface area contributed by atoms with Crippen LogP contribution in [0.25, 0.3) is 11.0 Å². The van der Waals surface area contributed by atoms with Crippen LogP contribution in [-0.2, 0) is 21.2 Å². The monoisotopic (exact) mass is 544 g/mol. The van der Waals surface area contributed by atoms with Gasteiger partial charge in [-0.05, 0) is 61.1 Å². The molecule has 1 radical (unpaired) electrons. The molecule has 0 spiro atoms. The number of aromatic nitrogens is 3. The van der Waals surface area contributed by atoms with Crippen LogP contribution in [0.2, 0.25) is 0 Å². The van der Waals surface area contributed by atoms with E-state index in [-0.39, 0.29) is 62.1 Å². The Labute approximate surface area is 258 Å². The molecule has 0 atom stereocenters. The summed E-state index contributed by atoms with van der Waals surface area (Å²) < 4.78 is 39.8. The molecule has 1 aliphatic rings. The number of benzene rings is 2. The van der Waals surface area contributed by atoms with Crippen molar-refractivity contribution >= 4 is 89.8 Å². The summed E-state index contributed by atoms with van der Waals surface area (Å²) >= 11 is 0. The van der Waals surface area contributed by atoms with E-state index >= 15 is 0 Å². The summed E-state index contributed by atoms with van der Waals surface area (Å²) in [6.45, 7) is 1.53. The largest absolute Gasteiger partial charge is 0.497 e. The fourth-order valence-corrected chi connectivity index (χ4v) is 5.19. The quantitative estimate of drug-likeness (QED) is 0.318. The smallest absolute Gasteiger partial charge is 0.264 e. The zero-order valence-electron chi connectivity index (χ0n) is 20.8. The van der Waals surface area contributed by atoms with E-state index in [0.29, 0.717) is 28.5 Å². The van der Waals surface area contributed by atoms with Crippen molar-refractivity contribution in [2.75, 3.05) is 30.4 Å². The van der Waals surface area contributed by atoms with Crippen molar-refractivity contribution in [2.24, 2.45) is 5.92 Å². The van der Waals surface area contributed by atoms with Gasteiger partial charge < -0.3 is 14.8 Å². The van der Waals surface area contributed by atoms with Crippen molar-refractivity contribution in [3.63, 3.8) is 0 Å². The van der Waals surface area contributed by atoms with Crippen LogP contribution in [0, 0.1) is 5.92 Å². The van der Waals surface area contributed by atoms with Crippen LogP contribution in [0.15, 0.2) is 71.9 Å². The van der Waals surface area contributed by atoms with Crippen LogP contribution in [-0.4, -0.2) is 95.1 Å². The van der Waals surface area contributed by atoms with Gasteiger partial charge in [0.1, 0.15) is 10.6 Å². The minimum atomic E-state index is -3.94. The molecule has 2 aromatic carbocycles. The van der Waals surface area contributed by atoms with Crippen LogP contribution < -0.4 is 14.8 Å².